The quantitative estimate of drug-likeness (QED) is 0.403. The third-order valence-corrected chi connectivity index (χ3v) is 6.96. The van der Waals surface area contributed by atoms with Crippen LogP contribution in [0.4, 0.5) is 17.6 Å². The van der Waals surface area contributed by atoms with Gasteiger partial charge in [0, 0.05) is 42.9 Å². The van der Waals surface area contributed by atoms with Gasteiger partial charge in [-0.25, -0.2) is 8.78 Å². The van der Waals surface area contributed by atoms with Gasteiger partial charge in [-0.2, -0.15) is 8.78 Å². The van der Waals surface area contributed by atoms with Gasteiger partial charge < -0.3 is 29.2 Å². The molecule has 1 saturated heterocycles. The number of fused-ring (bicyclic) bond motifs is 2. The molecule has 0 unspecified atom stereocenters. The van der Waals surface area contributed by atoms with E-state index < -0.39 is 48.5 Å². The molecule has 0 radical (unpaired) electrons. The number of nitrogens with one attached hydrogen (secondary N) is 1. The van der Waals surface area contributed by atoms with Crippen molar-refractivity contribution >= 4 is 28.5 Å². The number of alkyl halides is 4. The van der Waals surface area contributed by atoms with Crippen molar-refractivity contribution in [2.45, 2.75) is 36.8 Å². The topological polar surface area (TPSA) is 84.2 Å². The zero-order valence-electron chi connectivity index (χ0n) is 20.1. The van der Waals surface area contributed by atoms with E-state index in [1.165, 1.54) is 30.3 Å². The number of aliphatic hydroxyl groups excluding tert-OH is 1. The van der Waals surface area contributed by atoms with Crippen LogP contribution in [0, 0.1) is 0 Å². The summed E-state index contributed by atoms with van der Waals surface area (Å²) in [6.07, 6.45) is -2.28. The third-order valence-electron chi connectivity index (χ3n) is 6.72. The van der Waals surface area contributed by atoms with Crippen molar-refractivity contribution in [2.75, 3.05) is 32.8 Å². The van der Waals surface area contributed by atoms with E-state index in [1.54, 1.807) is 11.0 Å². The largest absolute Gasteiger partial charge is 0.486 e. The number of piperidine rings is 1. The summed E-state index contributed by atoms with van der Waals surface area (Å²) >= 11 is 5.92. The molecular weight excluding hydrogens is 532 g/mol. The first-order valence-electron chi connectivity index (χ1n) is 12.1. The SMILES string of the molecule is O=C(N[C@H](CN1CCC(F)(F)CC1)[C@H](O)c1ccc2c(c1)OCCO2)C(F)(F)c1cc2cc(Cl)ccc2o1. The number of hydrogen-bond acceptors (Lipinski definition) is 6. The van der Waals surface area contributed by atoms with Crippen molar-refractivity contribution in [3.63, 3.8) is 0 Å². The van der Waals surface area contributed by atoms with E-state index >= 15 is 8.78 Å². The zero-order chi connectivity index (χ0) is 27.1. The fourth-order valence-corrected chi connectivity index (χ4v) is 4.76. The molecule has 5 rings (SSSR count). The minimum Gasteiger partial charge on any atom is -0.486 e. The van der Waals surface area contributed by atoms with E-state index in [9.17, 15) is 18.7 Å². The van der Waals surface area contributed by atoms with Crippen LogP contribution in [0.25, 0.3) is 11.0 Å². The fourth-order valence-electron chi connectivity index (χ4n) is 4.58. The third kappa shape index (κ3) is 5.55. The molecule has 1 amide bonds. The van der Waals surface area contributed by atoms with Gasteiger partial charge in [0.1, 0.15) is 24.9 Å². The highest BCUT2D eigenvalue weighted by Crippen LogP contribution is 2.36. The average Bonchev–Trinajstić information content (AvgIpc) is 3.32. The number of halogens is 5. The smallest absolute Gasteiger partial charge is 0.380 e. The predicted molar refractivity (Wildman–Crippen MR) is 130 cm³/mol. The number of aliphatic hydroxyl groups is 1. The van der Waals surface area contributed by atoms with E-state index in [4.69, 9.17) is 25.5 Å². The van der Waals surface area contributed by atoms with Gasteiger partial charge in [-0.1, -0.05) is 17.7 Å². The predicted octanol–water partition coefficient (Wildman–Crippen LogP) is 4.90. The van der Waals surface area contributed by atoms with Crippen molar-refractivity contribution in [1.29, 1.82) is 0 Å². The summed E-state index contributed by atoms with van der Waals surface area (Å²) in [5.41, 5.74) is 0.405. The molecule has 0 aliphatic carbocycles. The molecule has 2 aliphatic rings. The molecule has 204 valence electrons. The molecule has 0 saturated carbocycles. The lowest BCUT2D eigenvalue weighted by molar-refractivity contribution is -0.151. The van der Waals surface area contributed by atoms with E-state index in [-0.39, 0.29) is 30.8 Å². The lowest BCUT2D eigenvalue weighted by atomic mass is 9.99. The molecule has 3 heterocycles. The molecule has 1 fully saturated rings. The molecule has 2 atom stereocenters. The molecule has 0 bridgehead atoms. The van der Waals surface area contributed by atoms with E-state index in [0.29, 0.717) is 35.1 Å². The first-order chi connectivity index (χ1) is 18.0. The van der Waals surface area contributed by atoms with Gasteiger partial charge in [-0.3, -0.25) is 4.79 Å². The molecule has 7 nitrogen and oxygen atoms in total. The molecule has 1 aromatic heterocycles. The van der Waals surface area contributed by atoms with Crippen LogP contribution in [-0.2, 0) is 10.7 Å². The normalized spacial score (nSPS) is 19.2. The van der Waals surface area contributed by atoms with E-state index in [0.717, 1.165) is 6.07 Å². The van der Waals surface area contributed by atoms with Crippen LogP contribution in [0.1, 0.15) is 30.3 Å². The highest BCUT2D eigenvalue weighted by atomic mass is 35.5. The minimum atomic E-state index is -4.09. The van der Waals surface area contributed by atoms with Gasteiger partial charge >= 0.3 is 5.92 Å². The van der Waals surface area contributed by atoms with Crippen LogP contribution < -0.4 is 14.8 Å². The van der Waals surface area contributed by atoms with E-state index in [2.05, 4.69) is 5.32 Å². The molecule has 38 heavy (non-hydrogen) atoms. The second-order valence-electron chi connectivity index (χ2n) is 9.45. The van der Waals surface area contributed by atoms with Gasteiger partial charge in [-0.15, -0.1) is 0 Å². The van der Waals surface area contributed by atoms with Gasteiger partial charge in [0.05, 0.1) is 6.04 Å². The van der Waals surface area contributed by atoms with Crippen molar-refractivity contribution in [3.05, 3.63) is 58.8 Å². The Balaban J connectivity index is 1.39. The lowest BCUT2D eigenvalue weighted by Gasteiger charge is -2.36. The second kappa shape index (κ2) is 10.3. The highest BCUT2D eigenvalue weighted by Gasteiger charge is 2.46. The Bertz CT molecular complexity index is 1320. The number of amides is 1. The number of carbonyl (C=O) groups excluding carboxylic acids is 1. The summed E-state index contributed by atoms with van der Waals surface area (Å²) in [5.74, 6) is -8.68. The Hall–Kier alpha value is -3.02. The summed E-state index contributed by atoms with van der Waals surface area (Å²) < 4.78 is 74.1. The van der Waals surface area contributed by atoms with E-state index in [1.807, 2.05) is 0 Å². The van der Waals surface area contributed by atoms with Gasteiger partial charge in [0.2, 0.25) is 0 Å². The summed E-state index contributed by atoms with van der Waals surface area (Å²) in [6, 6.07) is 8.68. The van der Waals surface area contributed by atoms with Crippen molar-refractivity contribution in [1.82, 2.24) is 10.2 Å². The Morgan fingerprint density at radius 1 is 1.08 bits per heavy atom. The molecule has 3 aromatic rings. The molecule has 12 heteroatoms. The van der Waals surface area contributed by atoms with Crippen molar-refractivity contribution < 1.29 is 41.4 Å². The van der Waals surface area contributed by atoms with Crippen LogP contribution in [0.15, 0.2) is 46.9 Å². The maximum Gasteiger partial charge on any atom is 0.380 e. The molecule has 2 aliphatic heterocycles. The number of rotatable bonds is 7. The first-order valence-corrected chi connectivity index (χ1v) is 12.5. The highest BCUT2D eigenvalue weighted by molar-refractivity contribution is 6.31. The fraction of sp³-hybridized carbons (Fsp3) is 0.423. The number of hydrogen-bond donors (Lipinski definition) is 2. The number of benzene rings is 2. The summed E-state index contributed by atoms with van der Waals surface area (Å²) in [7, 11) is 0. The van der Waals surface area contributed by atoms with Crippen LogP contribution in [0.2, 0.25) is 5.02 Å². The Kier molecular flexibility index (Phi) is 7.19. The first kappa shape index (κ1) is 26.6. The summed E-state index contributed by atoms with van der Waals surface area (Å²) in [4.78, 5) is 14.5. The maximum atomic E-state index is 15.3. The molecule has 2 aromatic carbocycles. The summed E-state index contributed by atoms with van der Waals surface area (Å²) in [5, 5.41) is 14.0. The summed E-state index contributed by atoms with van der Waals surface area (Å²) in [6.45, 7) is 0.477. The Morgan fingerprint density at radius 3 is 2.53 bits per heavy atom. The lowest BCUT2D eigenvalue weighted by Crippen LogP contribution is -2.53. The molecule has 0 spiro atoms. The van der Waals surface area contributed by atoms with Crippen LogP contribution >= 0.6 is 11.6 Å². The van der Waals surface area contributed by atoms with Crippen LogP contribution in [-0.4, -0.2) is 60.7 Å². The number of likely N-dealkylation sites (tertiary alicyclic amines) is 1. The number of furan rings is 1. The molecule has 2 N–H and O–H groups in total. The minimum absolute atomic E-state index is 0.0199. The second-order valence-corrected chi connectivity index (χ2v) is 9.89. The number of ether oxygens (including phenoxy) is 2. The van der Waals surface area contributed by atoms with Crippen molar-refractivity contribution in [3.8, 4) is 11.5 Å². The number of nitrogens with zero attached hydrogens (tertiary/aromatic N) is 1. The van der Waals surface area contributed by atoms with Crippen LogP contribution in [0.5, 0.6) is 11.5 Å². The monoisotopic (exact) mass is 556 g/mol. The standard InChI is InChI=1S/C26H25ClF4N2O5/c27-17-2-4-19-16(11-17)13-22(38-19)26(30,31)24(35)32-18(14-33-7-5-25(28,29)6-8-33)23(34)15-1-3-20-21(12-15)37-10-9-36-20/h1-4,11-13,18,23,34H,5-10,14H2,(H,32,35)/t18-,23-/m1/s1. The van der Waals surface area contributed by atoms with Gasteiger partial charge in [-0.05, 0) is 42.0 Å². The Labute approximate surface area is 220 Å². The Morgan fingerprint density at radius 2 is 1.79 bits per heavy atom. The zero-order valence-corrected chi connectivity index (χ0v) is 20.8. The van der Waals surface area contributed by atoms with Crippen molar-refractivity contribution in [2.24, 2.45) is 0 Å². The number of carbonyl (C=O) groups is 1. The van der Waals surface area contributed by atoms with Gasteiger partial charge in [0.25, 0.3) is 11.8 Å². The van der Waals surface area contributed by atoms with Gasteiger partial charge in [0.15, 0.2) is 17.3 Å². The maximum absolute atomic E-state index is 15.3. The molecular formula is C26H25ClF4N2O5. The van der Waals surface area contributed by atoms with Crippen LogP contribution in [0.3, 0.4) is 0 Å². The average molecular weight is 557 g/mol.